The molecule has 0 radical (unpaired) electrons. The summed E-state index contributed by atoms with van der Waals surface area (Å²) >= 11 is 1.46. The zero-order valence-electron chi connectivity index (χ0n) is 9.90. The SMILES string of the molecule is CCCCCCC(C(=O)O)c1nc(C)cs1. The van der Waals surface area contributed by atoms with Crippen LogP contribution in [-0.2, 0) is 4.79 Å². The summed E-state index contributed by atoms with van der Waals surface area (Å²) in [5.74, 6) is -1.15. The fourth-order valence-corrected chi connectivity index (χ4v) is 2.58. The Morgan fingerprint density at radius 1 is 1.50 bits per heavy atom. The molecule has 1 aromatic heterocycles. The van der Waals surface area contributed by atoms with Gasteiger partial charge in [0.1, 0.15) is 10.9 Å². The Balaban J connectivity index is 2.52. The molecule has 1 aromatic rings. The van der Waals surface area contributed by atoms with Crippen LogP contribution < -0.4 is 0 Å². The van der Waals surface area contributed by atoms with E-state index in [2.05, 4.69) is 11.9 Å². The number of carboxylic acid groups (broad SMARTS) is 1. The van der Waals surface area contributed by atoms with E-state index in [0.717, 1.165) is 23.5 Å². The topological polar surface area (TPSA) is 50.2 Å². The molecule has 16 heavy (non-hydrogen) atoms. The molecule has 1 rings (SSSR count). The van der Waals surface area contributed by atoms with Crippen molar-refractivity contribution in [2.75, 3.05) is 0 Å². The first-order valence-corrected chi connectivity index (χ1v) is 6.68. The highest BCUT2D eigenvalue weighted by Gasteiger charge is 2.22. The number of aliphatic carboxylic acids is 1. The average Bonchev–Trinajstić information content (AvgIpc) is 2.64. The van der Waals surface area contributed by atoms with Gasteiger partial charge in [0.2, 0.25) is 0 Å². The highest BCUT2D eigenvalue weighted by molar-refractivity contribution is 7.09. The van der Waals surface area contributed by atoms with E-state index in [9.17, 15) is 4.79 Å². The van der Waals surface area contributed by atoms with Gasteiger partial charge in [-0.1, -0.05) is 32.6 Å². The maximum absolute atomic E-state index is 11.1. The molecule has 0 saturated carbocycles. The monoisotopic (exact) mass is 241 g/mol. The molecular formula is C12H19NO2S. The largest absolute Gasteiger partial charge is 0.481 e. The van der Waals surface area contributed by atoms with Crippen LogP contribution in [0.25, 0.3) is 0 Å². The van der Waals surface area contributed by atoms with E-state index in [1.807, 2.05) is 12.3 Å². The lowest BCUT2D eigenvalue weighted by Gasteiger charge is -2.08. The van der Waals surface area contributed by atoms with Crippen LogP contribution in [0.4, 0.5) is 0 Å². The Morgan fingerprint density at radius 2 is 2.25 bits per heavy atom. The maximum Gasteiger partial charge on any atom is 0.313 e. The van der Waals surface area contributed by atoms with Crippen LogP contribution in [0, 0.1) is 6.92 Å². The van der Waals surface area contributed by atoms with Gasteiger partial charge in [0.15, 0.2) is 0 Å². The molecule has 0 saturated heterocycles. The van der Waals surface area contributed by atoms with Crippen LogP contribution in [0.1, 0.15) is 55.6 Å². The summed E-state index contributed by atoms with van der Waals surface area (Å²) in [7, 11) is 0. The fourth-order valence-electron chi connectivity index (χ4n) is 1.66. The van der Waals surface area contributed by atoms with Gasteiger partial charge in [0.25, 0.3) is 0 Å². The zero-order valence-corrected chi connectivity index (χ0v) is 10.7. The molecule has 0 aliphatic rings. The first-order valence-electron chi connectivity index (χ1n) is 5.80. The lowest BCUT2D eigenvalue weighted by molar-refractivity contribution is -0.139. The average molecular weight is 241 g/mol. The molecule has 0 fully saturated rings. The van der Waals surface area contributed by atoms with Gasteiger partial charge in [0.05, 0.1) is 0 Å². The Labute approximate surface area is 101 Å². The van der Waals surface area contributed by atoms with Gasteiger partial charge in [0, 0.05) is 11.1 Å². The lowest BCUT2D eigenvalue weighted by atomic mass is 10.0. The summed E-state index contributed by atoms with van der Waals surface area (Å²) in [6, 6.07) is 0. The van der Waals surface area contributed by atoms with Crippen molar-refractivity contribution in [1.29, 1.82) is 0 Å². The van der Waals surface area contributed by atoms with Crippen molar-refractivity contribution in [2.24, 2.45) is 0 Å². The second kappa shape index (κ2) is 6.63. The molecule has 0 spiro atoms. The van der Waals surface area contributed by atoms with E-state index >= 15 is 0 Å². The molecule has 0 amide bonds. The van der Waals surface area contributed by atoms with Gasteiger partial charge in [-0.25, -0.2) is 4.98 Å². The van der Waals surface area contributed by atoms with Crippen molar-refractivity contribution in [2.45, 2.75) is 51.9 Å². The summed E-state index contributed by atoms with van der Waals surface area (Å²) < 4.78 is 0. The molecule has 3 nitrogen and oxygen atoms in total. The van der Waals surface area contributed by atoms with E-state index in [0.29, 0.717) is 6.42 Å². The van der Waals surface area contributed by atoms with E-state index in [-0.39, 0.29) is 0 Å². The van der Waals surface area contributed by atoms with E-state index in [1.165, 1.54) is 24.2 Å². The highest BCUT2D eigenvalue weighted by Crippen LogP contribution is 2.25. The summed E-state index contributed by atoms with van der Waals surface area (Å²) in [6.07, 6.45) is 5.16. The molecule has 0 bridgehead atoms. The Bertz CT molecular complexity index is 336. The second-order valence-corrected chi connectivity index (χ2v) is 4.96. The minimum absolute atomic E-state index is 0.407. The van der Waals surface area contributed by atoms with Crippen LogP contribution in [0.15, 0.2) is 5.38 Å². The first kappa shape index (κ1) is 13.2. The smallest absolute Gasteiger partial charge is 0.313 e. The van der Waals surface area contributed by atoms with Crippen molar-refractivity contribution in [3.63, 3.8) is 0 Å². The van der Waals surface area contributed by atoms with Gasteiger partial charge in [-0.2, -0.15) is 0 Å². The number of aromatic nitrogens is 1. The van der Waals surface area contributed by atoms with E-state index in [1.54, 1.807) is 0 Å². The molecule has 1 N–H and O–H groups in total. The standard InChI is InChI=1S/C12H19NO2S/c1-3-4-5-6-7-10(12(14)15)11-13-9(2)8-16-11/h8,10H,3-7H2,1-2H3,(H,14,15). The maximum atomic E-state index is 11.1. The number of unbranched alkanes of at least 4 members (excludes halogenated alkanes) is 3. The van der Waals surface area contributed by atoms with Crippen LogP contribution in [0.3, 0.4) is 0 Å². The normalized spacial score (nSPS) is 12.6. The van der Waals surface area contributed by atoms with Crippen LogP contribution >= 0.6 is 11.3 Å². The van der Waals surface area contributed by atoms with Gasteiger partial charge in [-0.3, -0.25) is 4.79 Å². The molecular weight excluding hydrogens is 222 g/mol. The Morgan fingerprint density at radius 3 is 2.75 bits per heavy atom. The summed E-state index contributed by atoms with van der Waals surface area (Å²) in [6.45, 7) is 4.05. The van der Waals surface area contributed by atoms with Crippen LogP contribution in [0.5, 0.6) is 0 Å². The summed E-state index contributed by atoms with van der Waals surface area (Å²) in [4.78, 5) is 15.4. The molecule has 1 atom stereocenters. The van der Waals surface area contributed by atoms with Crippen molar-refractivity contribution in [3.8, 4) is 0 Å². The fraction of sp³-hybridized carbons (Fsp3) is 0.667. The van der Waals surface area contributed by atoms with Crippen molar-refractivity contribution >= 4 is 17.3 Å². The third kappa shape index (κ3) is 3.93. The van der Waals surface area contributed by atoms with Gasteiger partial charge < -0.3 is 5.11 Å². The third-order valence-electron chi connectivity index (χ3n) is 2.58. The molecule has 1 heterocycles. The number of rotatable bonds is 7. The van der Waals surface area contributed by atoms with E-state index in [4.69, 9.17) is 5.11 Å². The highest BCUT2D eigenvalue weighted by atomic mass is 32.1. The Kier molecular flexibility index (Phi) is 5.46. The van der Waals surface area contributed by atoms with Crippen molar-refractivity contribution in [3.05, 3.63) is 16.1 Å². The number of hydrogen-bond donors (Lipinski definition) is 1. The number of nitrogens with zero attached hydrogens (tertiary/aromatic N) is 1. The molecule has 0 aliphatic heterocycles. The van der Waals surface area contributed by atoms with Gasteiger partial charge >= 0.3 is 5.97 Å². The summed E-state index contributed by atoms with van der Waals surface area (Å²) in [5.41, 5.74) is 0.916. The molecule has 1 unspecified atom stereocenters. The number of aryl methyl sites for hydroxylation is 1. The number of carbonyl (C=O) groups is 1. The first-order chi connectivity index (χ1) is 7.65. The van der Waals surface area contributed by atoms with Gasteiger partial charge in [-0.05, 0) is 13.3 Å². The molecule has 90 valence electrons. The third-order valence-corrected chi connectivity index (χ3v) is 3.66. The number of carboxylic acids is 1. The minimum atomic E-state index is -0.745. The lowest BCUT2D eigenvalue weighted by Crippen LogP contribution is -2.11. The van der Waals surface area contributed by atoms with E-state index < -0.39 is 11.9 Å². The van der Waals surface area contributed by atoms with Crippen LogP contribution in [0.2, 0.25) is 0 Å². The predicted molar refractivity (Wildman–Crippen MR) is 66.0 cm³/mol. The van der Waals surface area contributed by atoms with Crippen molar-refractivity contribution < 1.29 is 9.90 Å². The minimum Gasteiger partial charge on any atom is -0.481 e. The second-order valence-electron chi connectivity index (χ2n) is 4.07. The summed E-state index contributed by atoms with van der Waals surface area (Å²) in [5, 5.41) is 11.8. The predicted octanol–water partition coefficient (Wildman–Crippen LogP) is 3.59. The van der Waals surface area contributed by atoms with Crippen molar-refractivity contribution in [1.82, 2.24) is 4.98 Å². The molecule has 4 heteroatoms. The number of hydrogen-bond acceptors (Lipinski definition) is 3. The quantitative estimate of drug-likeness (QED) is 0.742. The zero-order chi connectivity index (χ0) is 12.0. The van der Waals surface area contributed by atoms with Crippen LogP contribution in [-0.4, -0.2) is 16.1 Å². The molecule has 0 aromatic carbocycles. The Hall–Kier alpha value is -0.900. The molecule has 0 aliphatic carbocycles. The van der Waals surface area contributed by atoms with Gasteiger partial charge in [-0.15, -0.1) is 11.3 Å². The number of thiazole rings is 1.